The number of nitrogens with zero attached hydrogens (tertiary/aromatic N) is 6. The van der Waals surface area contributed by atoms with Crippen LogP contribution in [-0.4, -0.2) is 62.4 Å². The maximum atomic E-state index is 14.2. The van der Waals surface area contributed by atoms with Crippen LogP contribution >= 0.6 is 0 Å². The number of anilines is 2. The smallest absolute Gasteiger partial charge is 0.275 e. The quantitative estimate of drug-likeness (QED) is 0.698. The number of hydrogen-bond donors (Lipinski definition) is 1. The van der Waals surface area contributed by atoms with Crippen LogP contribution in [0.5, 0.6) is 0 Å². The lowest BCUT2D eigenvalue weighted by atomic mass is 10.2. The van der Waals surface area contributed by atoms with Crippen LogP contribution in [0.25, 0.3) is 5.65 Å². The molecule has 1 atom stereocenters. The summed E-state index contributed by atoms with van der Waals surface area (Å²) in [6.45, 7) is 3.65. The molecule has 1 aliphatic heterocycles. The molecule has 4 heterocycles. The van der Waals surface area contributed by atoms with E-state index in [1.807, 2.05) is 0 Å². The molecule has 30 heavy (non-hydrogen) atoms. The van der Waals surface area contributed by atoms with E-state index in [-0.39, 0.29) is 11.3 Å². The molecule has 2 fully saturated rings. The van der Waals surface area contributed by atoms with Crippen LogP contribution in [0, 0.1) is 12.7 Å². The lowest BCUT2D eigenvalue weighted by Crippen LogP contribution is -2.36. The summed E-state index contributed by atoms with van der Waals surface area (Å²) in [6, 6.07) is 2.53. The zero-order valence-corrected chi connectivity index (χ0v) is 17.0. The standard InChI is InChI=1S/C21H24FN7O/c1-13-10-29-11-14(7-17(22)20(29)25-13)26-21(30)18-8-24-19(9-23-18)28-6-5-16(12-28)27(2)15-3-4-15/h7-11,15-16H,3-6,12H2,1-2H3,(H,26,30)/t16-/m0/s1. The van der Waals surface area contributed by atoms with E-state index in [9.17, 15) is 9.18 Å². The maximum absolute atomic E-state index is 14.2. The lowest BCUT2D eigenvalue weighted by Gasteiger charge is -2.24. The van der Waals surface area contributed by atoms with Crippen molar-refractivity contribution in [2.75, 3.05) is 30.4 Å². The second-order valence-electron chi connectivity index (χ2n) is 8.19. The fourth-order valence-corrected chi connectivity index (χ4v) is 4.11. The summed E-state index contributed by atoms with van der Waals surface area (Å²) in [5, 5.41) is 2.68. The molecular formula is C21H24FN7O. The zero-order chi connectivity index (χ0) is 20.8. The third-order valence-corrected chi connectivity index (χ3v) is 5.94. The first-order chi connectivity index (χ1) is 14.5. The Morgan fingerprint density at radius 3 is 2.77 bits per heavy atom. The van der Waals surface area contributed by atoms with Crippen molar-refractivity contribution in [3.05, 3.63) is 48.1 Å². The topological polar surface area (TPSA) is 78.7 Å². The van der Waals surface area contributed by atoms with E-state index in [2.05, 4.69) is 37.1 Å². The van der Waals surface area contributed by atoms with Crippen molar-refractivity contribution in [3.8, 4) is 0 Å². The third kappa shape index (κ3) is 3.60. The SMILES string of the molecule is Cc1cn2cc(NC(=O)c3cnc(N4CC[C@H](N(C)C5CC5)C4)cn3)cc(F)c2n1. The Morgan fingerprint density at radius 1 is 1.20 bits per heavy atom. The molecule has 0 bridgehead atoms. The zero-order valence-electron chi connectivity index (χ0n) is 17.0. The largest absolute Gasteiger partial charge is 0.354 e. The van der Waals surface area contributed by atoms with Gasteiger partial charge in [0.2, 0.25) is 0 Å². The Hall–Kier alpha value is -3.07. The van der Waals surface area contributed by atoms with Crippen LogP contribution in [0.4, 0.5) is 15.9 Å². The molecular weight excluding hydrogens is 385 g/mol. The summed E-state index contributed by atoms with van der Waals surface area (Å²) in [6.07, 6.45) is 10.1. The van der Waals surface area contributed by atoms with Gasteiger partial charge in [-0.2, -0.15) is 0 Å². The molecule has 156 valence electrons. The maximum Gasteiger partial charge on any atom is 0.275 e. The van der Waals surface area contributed by atoms with Gasteiger partial charge in [0.1, 0.15) is 11.5 Å². The molecule has 0 unspecified atom stereocenters. The Balaban J connectivity index is 1.26. The highest BCUT2D eigenvalue weighted by molar-refractivity contribution is 6.02. The van der Waals surface area contributed by atoms with Gasteiger partial charge in [-0.25, -0.2) is 19.3 Å². The fraction of sp³-hybridized carbons (Fsp3) is 0.429. The van der Waals surface area contributed by atoms with E-state index in [1.165, 1.54) is 25.1 Å². The molecule has 1 saturated heterocycles. The van der Waals surface area contributed by atoms with Crippen molar-refractivity contribution >= 4 is 23.1 Å². The van der Waals surface area contributed by atoms with Crippen molar-refractivity contribution in [1.82, 2.24) is 24.3 Å². The molecule has 1 N–H and O–H groups in total. The number of carbonyl (C=O) groups excluding carboxylic acids is 1. The summed E-state index contributed by atoms with van der Waals surface area (Å²) in [5.74, 6) is -0.154. The summed E-state index contributed by atoms with van der Waals surface area (Å²) in [7, 11) is 2.20. The van der Waals surface area contributed by atoms with E-state index in [0.717, 1.165) is 31.4 Å². The van der Waals surface area contributed by atoms with Crippen LogP contribution in [0.3, 0.4) is 0 Å². The normalized spacial score (nSPS) is 19.1. The van der Waals surface area contributed by atoms with E-state index in [1.54, 1.807) is 29.9 Å². The van der Waals surface area contributed by atoms with E-state index in [4.69, 9.17) is 0 Å². The molecule has 2 aliphatic rings. The predicted octanol–water partition coefficient (Wildman–Crippen LogP) is 2.50. The number of aromatic nitrogens is 4. The molecule has 5 rings (SSSR count). The molecule has 3 aromatic rings. The van der Waals surface area contributed by atoms with Crippen molar-refractivity contribution < 1.29 is 9.18 Å². The van der Waals surface area contributed by atoms with Crippen LogP contribution in [0.2, 0.25) is 0 Å². The van der Waals surface area contributed by atoms with Crippen molar-refractivity contribution in [2.45, 2.75) is 38.3 Å². The first-order valence-electron chi connectivity index (χ1n) is 10.2. The minimum atomic E-state index is -0.498. The lowest BCUT2D eigenvalue weighted by molar-refractivity contribution is 0.102. The van der Waals surface area contributed by atoms with Crippen molar-refractivity contribution in [3.63, 3.8) is 0 Å². The molecule has 0 spiro atoms. The van der Waals surface area contributed by atoms with Crippen LogP contribution in [-0.2, 0) is 0 Å². The molecule has 1 saturated carbocycles. The van der Waals surface area contributed by atoms with Crippen LogP contribution in [0.15, 0.2) is 30.9 Å². The molecule has 0 radical (unpaired) electrons. The Kier molecular flexibility index (Phi) is 4.62. The fourth-order valence-electron chi connectivity index (χ4n) is 4.11. The minimum absolute atomic E-state index is 0.187. The van der Waals surface area contributed by atoms with E-state index < -0.39 is 11.7 Å². The summed E-state index contributed by atoms with van der Waals surface area (Å²) in [4.78, 5) is 30.1. The second kappa shape index (κ2) is 7.32. The minimum Gasteiger partial charge on any atom is -0.354 e. The van der Waals surface area contributed by atoms with Crippen molar-refractivity contribution in [2.24, 2.45) is 0 Å². The number of imidazole rings is 1. The van der Waals surface area contributed by atoms with Gasteiger partial charge in [0.25, 0.3) is 5.91 Å². The third-order valence-electron chi connectivity index (χ3n) is 5.94. The number of fused-ring (bicyclic) bond motifs is 1. The van der Waals surface area contributed by atoms with Gasteiger partial charge in [0.05, 0.1) is 23.8 Å². The molecule has 3 aromatic heterocycles. The number of aryl methyl sites for hydroxylation is 1. The van der Waals surface area contributed by atoms with Gasteiger partial charge in [-0.05, 0) is 33.2 Å². The summed E-state index contributed by atoms with van der Waals surface area (Å²) >= 11 is 0. The van der Waals surface area contributed by atoms with Gasteiger partial charge in [0, 0.05) is 43.6 Å². The number of halogens is 1. The average Bonchev–Trinajstić information content (AvgIpc) is 3.33. The summed E-state index contributed by atoms with van der Waals surface area (Å²) < 4.78 is 15.8. The first kappa shape index (κ1) is 18.9. The highest BCUT2D eigenvalue weighted by Crippen LogP contribution is 2.30. The highest BCUT2D eigenvalue weighted by Gasteiger charge is 2.35. The molecule has 9 heteroatoms. The Morgan fingerprint density at radius 2 is 2.03 bits per heavy atom. The van der Waals surface area contributed by atoms with Gasteiger partial charge >= 0.3 is 0 Å². The number of pyridine rings is 1. The van der Waals surface area contributed by atoms with Gasteiger partial charge in [-0.1, -0.05) is 0 Å². The van der Waals surface area contributed by atoms with E-state index >= 15 is 0 Å². The van der Waals surface area contributed by atoms with Gasteiger partial charge < -0.3 is 14.6 Å². The predicted molar refractivity (Wildman–Crippen MR) is 111 cm³/mol. The first-order valence-corrected chi connectivity index (χ1v) is 10.2. The van der Waals surface area contributed by atoms with Gasteiger partial charge in [-0.15, -0.1) is 0 Å². The van der Waals surface area contributed by atoms with E-state index in [0.29, 0.717) is 17.4 Å². The molecule has 0 aromatic carbocycles. The van der Waals surface area contributed by atoms with Crippen LogP contribution < -0.4 is 10.2 Å². The number of hydrogen-bond acceptors (Lipinski definition) is 6. The van der Waals surface area contributed by atoms with Gasteiger partial charge in [-0.3, -0.25) is 9.69 Å². The monoisotopic (exact) mass is 409 g/mol. The second-order valence-corrected chi connectivity index (χ2v) is 8.19. The number of carbonyl (C=O) groups is 1. The summed E-state index contributed by atoms with van der Waals surface area (Å²) in [5.41, 5.74) is 1.45. The van der Waals surface area contributed by atoms with Crippen molar-refractivity contribution in [1.29, 1.82) is 0 Å². The number of amides is 1. The Bertz CT molecular complexity index is 1090. The highest BCUT2D eigenvalue weighted by atomic mass is 19.1. The number of likely N-dealkylation sites (N-methyl/N-ethyl adjacent to an activating group) is 1. The Labute approximate surface area is 173 Å². The number of nitrogens with one attached hydrogen (secondary N) is 1. The average molecular weight is 409 g/mol. The molecule has 8 nitrogen and oxygen atoms in total. The van der Waals surface area contributed by atoms with Gasteiger partial charge in [0.15, 0.2) is 11.5 Å². The van der Waals surface area contributed by atoms with Crippen LogP contribution in [0.1, 0.15) is 35.4 Å². The molecule has 1 amide bonds. The molecule has 1 aliphatic carbocycles. The number of rotatable bonds is 5.